The van der Waals surface area contributed by atoms with E-state index < -0.39 is 29.4 Å². The van der Waals surface area contributed by atoms with Crippen LogP contribution in [0.3, 0.4) is 0 Å². The van der Waals surface area contributed by atoms with Gasteiger partial charge in [0.1, 0.15) is 17.2 Å². The van der Waals surface area contributed by atoms with E-state index in [1.54, 1.807) is 9.80 Å². The van der Waals surface area contributed by atoms with Gasteiger partial charge in [-0.3, -0.25) is 9.69 Å². The molecule has 5 rings (SSSR count). The zero-order chi connectivity index (χ0) is 25.1. The van der Waals surface area contributed by atoms with Gasteiger partial charge >= 0.3 is 12.2 Å². The van der Waals surface area contributed by atoms with Crippen molar-refractivity contribution in [2.24, 2.45) is 11.3 Å². The normalized spacial score (nSPS) is 30.7. The highest BCUT2D eigenvalue weighted by molar-refractivity contribution is 5.87. The van der Waals surface area contributed by atoms with Crippen molar-refractivity contribution in [1.29, 1.82) is 0 Å². The SMILES string of the molecule is CC(C)(C)OC(=O)N1CC2(CCN(C(=O)[C@@H]3[C@@H]4CC[C@@H](CC4O)N3C(=O)OC(C)(C)C)CC2)C1. The number of hydrogen-bond donors (Lipinski definition) is 1. The lowest BCUT2D eigenvalue weighted by Crippen LogP contribution is -2.68. The highest BCUT2D eigenvalue weighted by atomic mass is 16.6. The lowest BCUT2D eigenvalue weighted by atomic mass is 9.70. The monoisotopic (exact) mass is 479 g/mol. The summed E-state index contributed by atoms with van der Waals surface area (Å²) in [5.74, 6) is -0.343. The van der Waals surface area contributed by atoms with Crippen molar-refractivity contribution in [2.45, 2.75) is 103 Å². The van der Waals surface area contributed by atoms with Crippen LogP contribution in [0, 0.1) is 11.3 Å². The first-order chi connectivity index (χ1) is 15.7. The molecule has 9 heteroatoms. The van der Waals surface area contributed by atoms with Crippen LogP contribution < -0.4 is 0 Å². The molecule has 4 atom stereocenters. The van der Waals surface area contributed by atoms with E-state index in [1.807, 2.05) is 46.4 Å². The smallest absolute Gasteiger partial charge is 0.411 e. The molecule has 0 aromatic carbocycles. The molecule has 192 valence electrons. The number of piperidine rings is 3. The van der Waals surface area contributed by atoms with Crippen LogP contribution in [-0.2, 0) is 14.3 Å². The Kier molecular flexibility index (Phi) is 6.32. The lowest BCUT2D eigenvalue weighted by Gasteiger charge is -2.56. The zero-order valence-electron chi connectivity index (χ0n) is 21.5. The van der Waals surface area contributed by atoms with Crippen LogP contribution >= 0.6 is 0 Å². The maximum atomic E-state index is 13.7. The predicted octanol–water partition coefficient (Wildman–Crippen LogP) is 2.99. The number of fused-ring (bicyclic) bond motifs is 3. The number of rotatable bonds is 1. The summed E-state index contributed by atoms with van der Waals surface area (Å²) in [7, 11) is 0. The fourth-order valence-corrected chi connectivity index (χ4v) is 6.01. The average Bonchev–Trinajstić information content (AvgIpc) is 2.68. The van der Waals surface area contributed by atoms with Gasteiger partial charge in [-0.15, -0.1) is 0 Å². The van der Waals surface area contributed by atoms with Crippen molar-refractivity contribution in [3.05, 3.63) is 0 Å². The average molecular weight is 480 g/mol. The van der Waals surface area contributed by atoms with Gasteiger partial charge in [-0.2, -0.15) is 0 Å². The van der Waals surface area contributed by atoms with Crippen LogP contribution in [0.4, 0.5) is 9.59 Å². The van der Waals surface area contributed by atoms with E-state index in [0.29, 0.717) is 32.6 Å². The first kappa shape index (κ1) is 25.1. The minimum Gasteiger partial charge on any atom is -0.444 e. The molecular weight excluding hydrogens is 438 g/mol. The van der Waals surface area contributed by atoms with Crippen LogP contribution in [-0.4, -0.2) is 93.5 Å². The van der Waals surface area contributed by atoms with E-state index in [4.69, 9.17) is 9.47 Å². The molecule has 2 bridgehead atoms. The number of aliphatic hydroxyl groups is 1. The fraction of sp³-hybridized carbons (Fsp3) is 0.880. The highest BCUT2D eigenvalue weighted by Gasteiger charge is 2.55. The van der Waals surface area contributed by atoms with Gasteiger partial charge in [-0.05, 0) is 73.6 Å². The number of carbonyl (C=O) groups is 3. The summed E-state index contributed by atoms with van der Waals surface area (Å²) in [6, 6.07) is -0.847. The van der Waals surface area contributed by atoms with Gasteiger partial charge in [0, 0.05) is 43.6 Å². The number of nitrogens with zero attached hydrogens (tertiary/aromatic N) is 3. The summed E-state index contributed by atoms with van der Waals surface area (Å²) < 4.78 is 11.1. The van der Waals surface area contributed by atoms with E-state index in [0.717, 1.165) is 25.7 Å². The molecule has 1 N–H and O–H groups in total. The van der Waals surface area contributed by atoms with Crippen molar-refractivity contribution < 1.29 is 29.0 Å². The number of likely N-dealkylation sites (tertiary alicyclic amines) is 2. The third kappa shape index (κ3) is 4.99. The Bertz CT molecular complexity index is 815. The Morgan fingerprint density at radius 3 is 1.94 bits per heavy atom. The number of aliphatic hydroxyl groups excluding tert-OH is 1. The molecule has 0 radical (unpaired) electrons. The standard InChI is InChI=1S/C25H41N3O6/c1-23(2,3)33-21(31)27-14-25(15-27)9-11-26(12-10-25)20(30)19-17-8-7-16(13-18(17)29)28(19)22(32)34-24(4,5)6/h16-19,29H,7-15H2,1-6H3/t16-,17+,18?,19-/m0/s1. The molecule has 4 aliphatic heterocycles. The van der Waals surface area contributed by atoms with E-state index in [1.165, 1.54) is 0 Å². The lowest BCUT2D eigenvalue weighted by molar-refractivity contribution is -0.157. The van der Waals surface area contributed by atoms with Gasteiger partial charge in [-0.25, -0.2) is 9.59 Å². The second-order valence-corrected chi connectivity index (χ2v) is 12.7. The van der Waals surface area contributed by atoms with Crippen LogP contribution in [0.1, 0.15) is 73.6 Å². The van der Waals surface area contributed by atoms with E-state index in [9.17, 15) is 19.5 Å². The van der Waals surface area contributed by atoms with Gasteiger partial charge in [0.2, 0.25) is 5.91 Å². The number of ether oxygens (including phenoxy) is 2. The number of carbonyl (C=O) groups excluding carboxylic acids is 3. The van der Waals surface area contributed by atoms with E-state index in [-0.39, 0.29) is 29.4 Å². The quantitative estimate of drug-likeness (QED) is 0.621. The summed E-state index contributed by atoms with van der Waals surface area (Å²) in [6.07, 6.45) is 2.33. The Morgan fingerprint density at radius 2 is 1.41 bits per heavy atom. The van der Waals surface area contributed by atoms with Crippen LogP contribution in [0.15, 0.2) is 0 Å². The summed E-state index contributed by atoms with van der Waals surface area (Å²) in [5.41, 5.74) is -1.13. The van der Waals surface area contributed by atoms with Gasteiger partial charge in [-0.1, -0.05) is 0 Å². The molecular formula is C25H41N3O6. The third-order valence-electron chi connectivity index (χ3n) is 7.64. The molecule has 4 saturated heterocycles. The van der Waals surface area contributed by atoms with Crippen LogP contribution in [0.25, 0.3) is 0 Å². The minimum absolute atomic E-state index is 0.0314. The fourth-order valence-electron chi connectivity index (χ4n) is 6.01. The summed E-state index contributed by atoms with van der Waals surface area (Å²) >= 11 is 0. The first-order valence-electron chi connectivity index (χ1n) is 12.6. The molecule has 5 fully saturated rings. The molecule has 1 saturated carbocycles. The van der Waals surface area contributed by atoms with E-state index >= 15 is 0 Å². The second-order valence-electron chi connectivity index (χ2n) is 12.7. The highest BCUT2D eigenvalue weighted by Crippen LogP contribution is 2.44. The van der Waals surface area contributed by atoms with Crippen molar-refractivity contribution in [1.82, 2.24) is 14.7 Å². The van der Waals surface area contributed by atoms with Crippen molar-refractivity contribution >= 4 is 18.1 Å². The largest absolute Gasteiger partial charge is 0.444 e. The summed E-state index contributed by atoms with van der Waals surface area (Å²) in [4.78, 5) is 44.3. The molecule has 5 aliphatic rings. The number of amides is 3. The van der Waals surface area contributed by atoms with Gasteiger partial charge in [0.25, 0.3) is 0 Å². The minimum atomic E-state index is -0.675. The molecule has 3 amide bonds. The molecule has 0 aromatic rings. The Balaban J connectivity index is 1.39. The molecule has 34 heavy (non-hydrogen) atoms. The zero-order valence-corrected chi connectivity index (χ0v) is 21.5. The van der Waals surface area contributed by atoms with Crippen molar-refractivity contribution in [3.8, 4) is 0 Å². The van der Waals surface area contributed by atoms with Crippen LogP contribution in [0.2, 0.25) is 0 Å². The maximum absolute atomic E-state index is 13.7. The van der Waals surface area contributed by atoms with Crippen molar-refractivity contribution in [3.63, 3.8) is 0 Å². The van der Waals surface area contributed by atoms with Crippen molar-refractivity contribution in [2.75, 3.05) is 26.2 Å². The summed E-state index contributed by atoms with van der Waals surface area (Å²) in [5, 5.41) is 10.6. The number of hydrogen-bond acceptors (Lipinski definition) is 6. The molecule has 1 unspecified atom stereocenters. The van der Waals surface area contributed by atoms with E-state index in [2.05, 4.69) is 0 Å². The molecule has 0 aromatic heterocycles. The predicted molar refractivity (Wildman–Crippen MR) is 125 cm³/mol. The molecule has 1 spiro atoms. The Hall–Kier alpha value is -2.03. The molecule has 4 heterocycles. The first-order valence-corrected chi connectivity index (χ1v) is 12.6. The third-order valence-corrected chi connectivity index (χ3v) is 7.64. The molecule has 9 nitrogen and oxygen atoms in total. The Morgan fingerprint density at radius 1 is 0.853 bits per heavy atom. The Labute approximate surface area is 202 Å². The van der Waals surface area contributed by atoms with Gasteiger partial charge < -0.3 is 24.4 Å². The van der Waals surface area contributed by atoms with Crippen LogP contribution in [0.5, 0.6) is 0 Å². The maximum Gasteiger partial charge on any atom is 0.411 e. The van der Waals surface area contributed by atoms with Gasteiger partial charge in [0.15, 0.2) is 0 Å². The second kappa shape index (κ2) is 8.57. The molecule has 1 aliphatic carbocycles. The summed E-state index contributed by atoms with van der Waals surface area (Å²) in [6.45, 7) is 13.5. The topological polar surface area (TPSA) is 99.6 Å². The van der Waals surface area contributed by atoms with Gasteiger partial charge in [0.05, 0.1) is 6.10 Å².